The zero-order chi connectivity index (χ0) is 25.8. The average molecular weight is 525 g/mol. The van der Waals surface area contributed by atoms with Crippen molar-refractivity contribution >= 4 is 27.6 Å². The van der Waals surface area contributed by atoms with E-state index in [-0.39, 0.29) is 29.9 Å². The summed E-state index contributed by atoms with van der Waals surface area (Å²) in [6, 6.07) is 9.19. The van der Waals surface area contributed by atoms with Crippen molar-refractivity contribution < 1.29 is 27.9 Å². The number of esters is 1. The molecular weight excluding hydrogens is 496 g/mol. The predicted molar refractivity (Wildman–Crippen MR) is 130 cm³/mol. The number of rotatable bonds is 9. The van der Waals surface area contributed by atoms with Crippen molar-refractivity contribution in [3.8, 4) is 0 Å². The second-order valence-corrected chi connectivity index (χ2v) is 11.6. The van der Waals surface area contributed by atoms with Crippen molar-refractivity contribution in [2.45, 2.75) is 76.0 Å². The van der Waals surface area contributed by atoms with Crippen molar-refractivity contribution in [2.75, 3.05) is 0 Å². The first-order valence-electron chi connectivity index (χ1n) is 11.2. The smallest absolute Gasteiger partial charge is 0.306 e. The zero-order valence-corrected chi connectivity index (χ0v) is 21.4. The molecule has 0 spiro atoms. The maximum absolute atomic E-state index is 12.8. The number of carbonyl (C=O) groups excluding carboxylic acids is 1. The summed E-state index contributed by atoms with van der Waals surface area (Å²) in [6.45, 7) is 5.16. The molecular formula is C24H29ClN2O7S. The van der Waals surface area contributed by atoms with Crippen LogP contribution in [-0.2, 0) is 50.3 Å². The van der Waals surface area contributed by atoms with Gasteiger partial charge in [0.2, 0.25) is 10.0 Å². The summed E-state index contributed by atoms with van der Waals surface area (Å²) in [5, 5.41) is 10.3. The quantitative estimate of drug-likeness (QED) is 0.296. The largest absolute Gasteiger partial charge is 0.460 e. The van der Waals surface area contributed by atoms with E-state index in [1.54, 1.807) is 26.8 Å². The molecule has 9 nitrogen and oxygen atoms in total. The van der Waals surface area contributed by atoms with Crippen molar-refractivity contribution in [3.05, 3.63) is 73.8 Å². The van der Waals surface area contributed by atoms with Gasteiger partial charge in [0.25, 0.3) is 5.09 Å². The summed E-state index contributed by atoms with van der Waals surface area (Å²) in [5.74, 6) is -0.331. The normalized spacial score (nSPS) is 15.8. The molecule has 35 heavy (non-hydrogen) atoms. The minimum atomic E-state index is -3.74. The number of nitrogens with one attached hydrogen (secondary N) is 1. The fourth-order valence-electron chi connectivity index (χ4n) is 4.12. The van der Waals surface area contributed by atoms with Crippen LogP contribution in [0, 0.1) is 10.1 Å². The lowest BCUT2D eigenvalue weighted by atomic mass is 9.83. The van der Waals surface area contributed by atoms with E-state index in [4.69, 9.17) is 16.3 Å². The maximum Gasteiger partial charge on any atom is 0.306 e. The zero-order valence-electron chi connectivity index (χ0n) is 19.9. The number of ether oxygens (including phenoxy) is 1. The van der Waals surface area contributed by atoms with Gasteiger partial charge < -0.3 is 9.57 Å². The van der Waals surface area contributed by atoms with Gasteiger partial charge >= 0.3 is 5.97 Å². The highest BCUT2D eigenvalue weighted by Crippen LogP contribution is 2.29. The van der Waals surface area contributed by atoms with Crippen LogP contribution in [0.2, 0.25) is 5.02 Å². The average Bonchev–Trinajstić information content (AvgIpc) is 2.74. The monoisotopic (exact) mass is 524 g/mol. The van der Waals surface area contributed by atoms with Crippen LogP contribution in [0.25, 0.3) is 0 Å². The van der Waals surface area contributed by atoms with Gasteiger partial charge in [-0.15, -0.1) is 10.1 Å². The van der Waals surface area contributed by atoms with Crippen molar-refractivity contribution in [1.82, 2.24) is 4.72 Å². The third-order valence-electron chi connectivity index (χ3n) is 5.50. The molecule has 1 unspecified atom stereocenters. The molecule has 11 heteroatoms. The number of hydrogen-bond donors (Lipinski definition) is 1. The highest BCUT2D eigenvalue weighted by atomic mass is 35.5. The Bertz CT molecular complexity index is 1190. The number of nitrogens with zero attached hydrogens (tertiary/aromatic N) is 1. The SMILES string of the molecule is CC(C)(C)OC(=O)CCc1cc(CO[N+](=O)[O-])cc2c1CCC(NS(=O)(=O)c1ccc(Cl)cc1)C2. The van der Waals surface area contributed by atoms with Crippen LogP contribution in [0.4, 0.5) is 0 Å². The van der Waals surface area contributed by atoms with Gasteiger partial charge in [-0.1, -0.05) is 23.7 Å². The molecule has 3 rings (SSSR count). The highest BCUT2D eigenvalue weighted by Gasteiger charge is 2.27. The first kappa shape index (κ1) is 26.9. The summed E-state index contributed by atoms with van der Waals surface area (Å²) < 4.78 is 33.8. The van der Waals surface area contributed by atoms with E-state index in [2.05, 4.69) is 9.56 Å². The third-order valence-corrected chi connectivity index (χ3v) is 7.29. The molecule has 0 saturated heterocycles. The number of halogens is 1. The van der Waals surface area contributed by atoms with Crippen LogP contribution in [0.3, 0.4) is 0 Å². The molecule has 2 aromatic rings. The van der Waals surface area contributed by atoms with Gasteiger partial charge in [0.1, 0.15) is 12.2 Å². The van der Waals surface area contributed by atoms with Crippen LogP contribution in [0.5, 0.6) is 0 Å². The Kier molecular flexibility index (Phi) is 8.40. The van der Waals surface area contributed by atoms with E-state index in [0.29, 0.717) is 36.3 Å². The van der Waals surface area contributed by atoms with Gasteiger partial charge in [-0.25, -0.2) is 13.1 Å². The van der Waals surface area contributed by atoms with Crippen LogP contribution in [0.1, 0.15) is 55.9 Å². The number of aryl methyl sites for hydroxylation is 1. The van der Waals surface area contributed by atoms with Gasteiger partial charge in [0.05, 0.1) is 4.90 Å². The number of hydrogen-bond acceptors (Lipinski definition) is 7. The van der Waals surface area contributed by atoms with Gasteiger partial charge in [0.15, 0.2) is 0 Å². The van der Waals surface area contributed by atoms with E-state index >= 15 is 0 Å². The summed E-state index contributed by atoms with van der Waals surface area (Å²) >= 11 is 5.86. The Labute approximate surface area is 209 Å². The van der Waals surface area contributed by atoms with Gasteiger partial charge in [-0.05, 0) is 93.0 Å². The molecule has 0 aliphatic heterocycles. The van der Waals surface area contributed by atoms with E-state index in [1.807, 2.05) is 6.07 Å². The lowest BCUT2D eigenvalue weighted by Crippen LogP contribution is -2.39. The molecule has 0 bridgehead atoms. The molecule has 0 radical (unpaired) electrons. The third kappa shape index (κ3) is 7.91. The Balaban J connectivity index is 1.80. The Hall–Kier alpha value is -2.69. The van der Waals surface area contributed by atoms with E-state index in [0.717, 1.165) is 16.7 Å². The molecule has 2 aromatic carbocycles. The first-order chi connectivity index (χ1) is 16.3. The molecule has 1 aliphatic carbocycles. The number of carbonyl (C=O) groups is 1. The van der Waals surface area contributed by atoms with Gasteiger partial charge in [-0.2, -0.15) is 0 Å². The van der Waals surface area contributed by atoms with E-state index in [9.17, 15) is 23.3 Å². The van der Waals surface area contributed by atoms with E-state index < -0.39 is 20.7 Å². The molecule has 0 heterocycles. The number of benzene rings is 2. The Morgan fingerprint density at radius 1 is 1.23 bits per heavy atom. The van der Waals surface area contributed by atoms with Crippen LogP contribution < -0.4 is 4.72 Å². The first-order valence-corrected chi connectivity index (χ1v) is 13.1. The highest BCUT2D eigenvalue weighted by molar-refractivity contribution is 7.89. The maximum atomic E-state index is 12.8. The standard InChI is InChI=1S/C24H29ClN2O7S/c1-24(2,3)34-23(28)11-4-17-12-16(15-33-27(29)30)13-18-14-20(7-10-22(17)18)26-35(31,32)21-8-5-19(25)6-9-21/h5-6,8-9,12-13,20,26H,4,7,10-11,14-15H2,1-3H3. The predicted octanol–water partition coefficient (Wildman–Crippen LogP) is 4.16. The number of sulfonamides is 1. The van der Waals surface area contributed by atoms with Gasteiger partial charge in [0, 0.05) is 17.5 Å². The molecule has 1 N–H and O–H groups in total. The topological polar surface area (TPSA) is 125 Å². The minimum absolute atomic E-state index is 0.124. The Morgan fingerprint density at radius 3 is 2.54 bits per heavy atom. The number of fused-ring (bicyclic) bond motifs is 1. The second kappa shape index (κ2) is 10.9. The summed E-state index contributed by atoms with van der Waals surface area (Å²) in [4.78, 5) is 27.6. The van der Waals surface area contributed by atoms with Crippen molar-refractivity contribution in [1.29, 1.82) is 0 Å². The molecule has 1 aliphatic rings. The molecule has 1 atom stereocenters. The lowest BCUT2D eigenvalue weighted by molar-refractivity contribution is -0.763. The molecule has 0 saturated carbocycles. The molecule has 0 fully saturated rings. The fourth-order valence-corrected chi connectivity index (χ4v) is 5.52. The van der Waals surface area contributed by atoms with Crippen LogP contribution in [0.15, 0.2) is 41.3 Å². The molecule has 0 amide bonds. The summed E-state index contributed by atoms with van der Waals surface area (Å²) in [6.07, 6.45) is 2.15. The molecule has 190 valence electrons. The summed E-state index contributed by atoms with van der Waals surface area (Å²) in [7, 11) is -3.74. The lowest BCUT2D eigenvalue weighted by Gasteiger charge is -2.28. The molecule has 0 aromatic heterocycles. The van der Waals surface area contributed by atoms with E-state index in [1.165, 1.54) is 24.3 Å². The van der Waals surface area contributed by atoms with Gasteiger partial charge in [-0.3, -0.25) is 4.79 Å². The second-order valence-electron chi connectivity index (χ2n) is 9.49. The van der Waals surface area contributed by atoms with Crippen molar-refractivity contribution in [3.63, 3.8) is 0 Å². The van der Waals surface area contributed by atoms with Crippen LogP contribution >= 0.6 is 11.6 Å². The minimum Gasteiger partial charge on any atom is -0.460 e. The van der Waals surface area contributed by atoms with Crippen molar-refractivity contribution in [2.24, 2.45) is 0 Å². The van der Waals surface area contributed by atoms with Crippen LogP contribution in [-0.4, -0.2) is 31.1 Å². The fraction of sp³-hybridized carbons (Fsp3) is 0.458. The Morgan fingerprint density at radius 2 is 1.91 bits per heavy atom. The summed E-state index contributed by atoms with van der Waals surface area (Å²) in [5.41, 5.74) is 2.78.